The Morgan fingerprint density at radius 1 is 1.42 bits per heavy atom. The van der Waals surface area contributed by atoms with E-state index in [1.807, 2.05) is 0 Å². The summed E-state index contributed by atoms with van der Waals surface area (Å²) in [6.07, 6.45) is 4.32. The topological polar surface area (TPSA) is 12.5 Å². The molecule has 70 valence electrons. The van der Waals surface area contributed by atoms with Gasteiger partial charge in [-0.3, -0.25) is 4.90 Å². The Morgan fingerprint density at radius 2 is 2.17 bits per heavy atom. The minimum atomic E-state index is 0.111. The normalized spacial score (nSPS) is 49.2. The molecule has 0 aromatic carbocycles. The second kappa shape index (κ2) is 2.71. The molecule has 1 spiro atoms. The summed E-state index contributed by atoms with van der Waals surface area (Å²) in [5, 5.41) is 0. The van der Waals surface area contributed by atoms with Crippen LogP contribution in [-0.2, 0) is 4.74 Å². The third kappa shape index (κ3) is 1.01. The lowest BCUT2D eigenvalue weighted by atomic mass is 10.0. The number of hydrogen-bond acceptors (Lipinski definition) is 2. The first kappa shape index (κ1) is 8.52. The summed E-state index contributed by atoms with van der Waals surface area (Å²) in [5.74, 6) is 0.715. The molecule has 2 heteroatoms. The summed E-state index contributed by atoms with van der Waals surface area (Å²) in [4.78, 5) is 2.41. The smallest absolute Gasteiger partial charge is 0.124 e. The molecule has 0 aromatic heterocycles. The van der Waals surface area contributed by atoms with Crippen molar-refractivity contribution in [1.29, 1.82) is 0 Å². The van der Waals surface area contributed by atoms with Gasteiger partial charge in [-0.15, -0.1) is 0 Å². The Kier molecular flexibility index (Phi) is 1.92. The van der Waals surface area contributed by atoms with Crippen LogP contribution in [0.4, 0.5) is 0 Å². The molecular formula is C10H19NO. The third-order valence-electron chi connectivity index (χ3n) is 3.52. The molecule has 0 unspecified atom stereocenters. The second-order valence-corrected chi connectivity index (χ2v) is 4.45. The zero-order valence-corrected chi connectivity index (χ0v) is 8.34. The lowest BCUT2D eigenvalue weighted by molar-refractivity contribution is -0.114. The van der Waals surface area contributed by atoms with Gasteiger partial charge in [-0.25, -0.2) is 0 Å². The molecule has 12 heavy (non-hydrogen) atoms. The highest BCUT2D eigenvalue weighted by molar-refractivity contribution is 4.95. The van der Waals surface area contributed by atoms with Crippen molar-refractivity contribution in [3.8, 4) is 0 Å². The molecule has 0 radical (unpaired) electrons. The molecule has 1 saturated carbocycles. The molecule has 2 rings (SSSR count). The summed E-state index contributed by atoms with van der Waals surface area (Å²) in [5.41, 5.74) is 0.111. The first-order valence-electron chi connectivity index (χ1n) is 5.04. The van der Waals surface area contributed by atoms with Gasteiger partial charge in [-0.2, -0.15) is 0 Å². The van der Waals surface area contributed by atoms with Gasteiger partial charge < -0.3 is 4.74 Å². The molecule has 1 aliphatic heterocycles. The van der Waals surface area contributed by atoms with Crippen molar-refractivity contribution >= 4 is 0 Å². The van der Waals surface area contributed by atoms with Crippen LogP contribution in [0.5, 0.6) is 0 Å². The largest absolute Gasteiger partial charge is 0.356 e. The zero-order chi connectivity index (χ0) is 8.77. The van der Waals surface area contributed by atoms with Crippen molar-refractivity contribution < 1.29 is 4.74 Å². The fourth-order valence-corrected chi connectivity index (χ4v) is 2.89. The fourth-order valence-electron chi connectivity index (χ4n) is 2.89. The van der Waals surface area contributed by atoms with Gasteiger partial charge in [0.05, 0.1) is 6.10 Å². The summed E-state index contributed by atoms with van der Waals surface area (Å²) in [6, 6.07) is 0. The minimum Gasteiger partial charge on any atom is -0.356 e. The minimum absolute atomic E-state index is 0.111. The van der Waals surface area contributed by atoms with Crippen LogP contribution in [0.2, 0.25) is 0 Å². The van der Waals surface area contributed by atoms with E-state index in [-0.39, 0.29) is 5.72 Å². The van der Waals surface area contributed by atoms with Gasteiger partial charge >= 0.3 is 0 Å². The van der Waals surface area contributed by atoms with Gasteiger partial charge in [-0.1, -0.05) is 6.92 Å². The van der Waals surface area contributed by atoms with E-state index in [0.29, 0.717) is 12.0 Å². The molecule has 1 saturated heterocycles. The number of hydrogen-bond donors (Lipinski definition) is 0. The van der Waals surface area contributed by atoms with Crippen LogP contribution in [0.3, 0.4) is 0 Å². The van der Waals surface area contributed by atoms with Crippen molar-refractivity contribution in [3.05, 3.63) is 0 Å². The Balaban J connectivity index is 2.19. The predicted molar refractivity (Wildman–Crippen MR) is 48.9 cm³/mol. The molecule has 2 fully saturated rings. The fraction of sp³-hybridized carbons (Fsp3) is 1.00. The standard InChI is InChI=1S/C10H19NO/c1-8-5-4-6-10(8)11(3)7-9(2)12-10/h8-9H,4-7H2,1-3H3/t8-,9+,10-/m0/s1. The first-order valence-corrected chi connectivity index (χ1v) is 5.04. The predicted octanol–water partition coefficient (Wildman–Crippen LogP) is 1.85. The number of nitrogens with zero attached hydrogens (tertiary/aromatic N) is 1. The molecular weight excluding hydrogens is 150 g/mol. The highest BCUT2D eigenvalue weighted by Crippen LogP contribution is 2.44. The number of rotatable bonds is 0. The van der Waals surface area contributed by atoms with Crippen LogP contribution in [-0.4, -0.2) is 30.3 Å². The van der Waals surface area contributed by atoms with Crippen molar-refractivity contribution in [2.45, 2.75) is 44.9 Å². The molecule has 1 aliphatic carbocycles. The average Bonchev–Trinajstić information content (AvgIpc) is 2.44. The number of ether oxygens (including phenoxy) is 1. The monoisotopic (exact) mass is 169 g/mol. The molecule has 2 nitrogen and oxygen atoms in total. The summed E-state index contributed by atoms with van der Waals surface area (Å²) in [6.45, 7) is 5.60. The van der Waals surface area contributed by atoms with Crippen molar-refractivity contribution in [2.24, 2.45) is 5.92 Å². The molecule has 0 aromatic rings. The molecule has 1 heterocycles. The Labute approximate surface area is 74.9 Å². The van der Waals surface area contributed by atoms with Crippen molar-refractivity contribution in [2.75, 3.05) is 13.6 Å². The zero-order valence-electron chi connectivity index (χ0n) is 8.34. The van der Waals surface area contributed by atoms with Gasteiger partial charge in [0.1, 0.15) is 5.72 Å². The van der Waals surface area contributed by atoms with Gasteiger partial charge in [0, 0.05) is 6.54 Å². The Hall–Kier alpha value is -0.0800. The van der Waals surface area contributed by atoms with Gasteiger partial charge in [0.25, 0.3) is 0 Å². The third-order valence-corrected chi connectivity index (χ3v) is 3.52. The summed E-state index contributed by atoms with van der Waals surface area (Å²) in [7, 11) is 2.20. The van der Waals surface area contributed by atoms with E-state index < -0.39 is 0 Å². The van der Waals surface area contributed by atoms with E-state index >= 15 is 0 Å². The van der Waals surface area contributed by atoms with E-state index in [0.717, 1.165) is 6.54 Å². The van der Waals surface area contributed by atoms with Crippen molar-refractivity contribution in [3.63, 3.8) is 0 Å². The lowest BCUT2D eigenvalue weighted by Crippen LogP contribution is -2.44. The maximum absolute atomic E-state index is 6.06. The quantitative estimate of drug-likeness (QED) is 0.549. The summed E-state index contributed by atoms with van der Waals surface area (Å²) < 4.78 is 6.06. The first-order chi connectivity index (χ1) is 5.65. The van der Waals surface area contributed by atoms with Gasteiger partial charge in [0.2, 0.25) is 0 Å². The van der Waals surface area contributed by atoms with Crippen molar-refractivity contribution in [1.82, 2.24) is 4.90 Å². The van der Waals surface area contributed by atoms with E-state index in [1.54, 1.807) is 0 Å². The van der Waals surface area contributed by atoms with Gasteiger partial charge in [0.15, 0.2) is 0 Å². The molecule has 0 amide bonds. The van der Waals surface area contributed by atoms with E-state index in [2.05, 4.69) is 25.8 Å². The van der Waals surface area contributed by atoms with E-state index in [4.69, 9.17) is 4.74 Å². The highest BCUT2D eigenvalue weighted by atomic mass is 16.5. The van der Waals surface area contributed by atoms with E-state index in [1.165, 1.54) is 19.3 Å². The molecule has 2 aliphatic rings. The maximum atomic E-state index is 6.06. The van der Waals surface area contributed by atoms with Crippen LogP contribution in [0.1, 0.15) is 33.1 Å². The highest BCUT2D eigenvalue weighted by Gasteiger charge is 2.49. The van der Waals surface area contributed by atoms with Crippen LogP contribution < -0.4 is 0 Å². The van der Waals surface area contributed by atoms with Crippen LogP contribution in [0.25, 0.3) is 0 Å². The van der Waals surface area contributed by atoms with E-state index in [9.17, 15) is 0 Å². The average molecular weight is 169 g/mol. The van der Waals surface area contributed by atoms with Crippen LogP contribution in [0.15, 0.2) is 0 Å². The molecule has 3 atom stereocenters. The second-order valence-electron chi connectivity index (χ2n) is 4.45. The SMILES string of the molecule is C[C@@H]1CN(C)[C@@]2(CCC[C@@H]2C)O1. The Morgan fingerprint density at radius 3 is 2.58 bits per heavy atom. The van der Waals surface area contributed by atoms with Gasteiger partial charge in [-0.05, 0) is 39.2 Å². The van der Waals surface area contributed by atoms with Crippen LogP contribution in [0, 0.1) is 5.92 Å². The molecule has 0 N–H and O–H groups in total. The Bertz CT molecular complexity index is 183. The van der Waals surface area contributed by atoms with Crippen LogP contribution >= 0.6 is 0 Å². The lowest BCUT2D eigenvalue weighted by Gasteiger charge is -2.34. The molecule has 0 bridgehead atoms. The maximum Gasteiger partial charge on any atom is 0.124 e. The summed E-state index contributed by atoms with van der Waals surface area (Å²) >= 11 is 0. The number of likely N-dealkylation sites (N-methyl/N-ethyl adjacent to an activating group) is 1.